The van der Waals surface area contributed by atoms with E-state index in [1.807, 2.05) is 91.1 Å². The minimum absolute atomic E-state index is 0.839. The summed E-state index contributed by atoms with van der Waals surface area (Å²) < 4.78 is 38.3. The summed E-state index contributed by atoms with van der Waals surface area (Å²) in [5.74, 6) is 0.839. The van der Waals surface area contributed by atoms with Crippen molar-refractivity contribution in [3.05, 3.63) is 522 Å². The summed E-state index contributed by atoms with van der Waals surface area (Å²) in [6.07, 6.45) is 1.97. The summed E-state index contributed by atoms with van der Waals surface area (Å²) in [7, 11) is 0. The molecular weight excluding hydrogens is 1770 g/mol. The van der Waals surface area contributed by atoms with Gasteiger partial charge in [0.05, 0.1) is 0 Å². The number of para-hydroxylation sites is 13. The molecule has 0 atom stereocenters. The molecule has 145 heavy (non-hydrogen) atoms. The van der Waals surface area contributed by atoms with E-state index in [4.69, 9.17) is 31.5 Å². The van der Waals surface area contributed by atoms with E-state index in [2.05, 4.69) is 445 Å². The van der Waals surface area contributed by atoms with E-state index < -0.39 is 0 Å². The summed E-state index contributed by atoms with van der Waals surface area (Å²) in [4.78, 5) is 11.9. The number of rotatable bonds is 16. The largest absolute Gasteiger partial charge is 0.456 e. The van der Waals surface area contributed by atoms with Crippen LogP contribution in [0.1, 0.15) is 0 Å². The second kappa shape index (κ2) is 36.0. The minimum atomic E-state index is 0.839. The maximum absolute atomic E-state index is 6.53. The molecule has 29 aromatic rings. The Morgan fingerprint density at radius 1 is 0.138 bits per heavy atom. The monoisotopic (exact) mass is 1860 g/mol. The third kappa shape index (κ3) is 15.7. The van der Waals surface area contributed by atoms with Crippen LogP contribution in [0.5, 0.6) is 0 Å². The average molecular weight is 1860 g/mol. The van der Waals surface area contributed by atoms with Gasteiger partial charge in [0.25, 0.3) is 0 Å². The molecule has 0 N–H and O–H groups in total. The van der Waals surface area contributed by atoms with Crippen LogP contribution in [0.3, 0.4) is 0 Å². The standard InChI is InChI=1S/C47H30N2O2.C46H29NO2.C42H27NO2/c1-3-13-35(14-4-1)49(36-15-5-2-6-16-36)45-26-25-31(30-48-45)32-27-33(37-19-11-21-41-39-17-7-9-23-43(39)50-46(37)41)29-34(28-32)38-20-12-22-42-40-18-8-10-24-44(40)51-47(38)42;1-2-12-36(13-3-1)47(37-21-18-30-10-4-5-11-31(30)25-37)38-26-34(32-19-22-41-39-14-6-8-16-43(39)48-45(41)28-32)24-35(27-38)33-20-23-42-40-15-7-9-17-44(40)49-46(42)29-33;1-3-11-32(12-4-1)43(33-13-5-2-6-14-33)34-24-30(28-19-21-37-35-15-7-9-17-39(35)44-41(37)26-28)23-31(25-34)29-20-22-38-36-16-8-10-18-40(36)45-42(38)27-29/h1-30H;1-29H;1-27H. The molecule has 0 saturated heterocycles. The van der Waals surface area contributed by atoms with Gasteiger partial charge in [-0.3, -0.25) is 4.90 Å². The van der Waals surface area contributed by atoms with Gasteiger partial charge in [-0.2, -0.15) is 0 Å². The fourth-order valence-electron chi connectivity index (χ4n) is 21.0. The molecule has 0 aliphatic carbocycles. The molecule has 0 aliphatic rings. The smallest absolute Gasteiger partial charge is 0.143 e. The molecule has 0 bridgehead atoms. The molecule has 0 amide bonds. The van der Waals surface area contributed by atoms with Crippen molar-refractivity contribution in [2.24, 2.45) is 0 Å². The van der Waals surface area contributed by atoms with Crippen LogP contribution in [0.25, 0.3) is 220 Å². The van der Waals surface area contributed by atoms with Crippen molar-refractivity contribution in [3.63, 3.8) is 0 Å². The lowest BCUT2D eigenvalue weighted by Gasteiger charge is -2.27. The first-order valence-corrected chi connectivity index (χ1v) is 48.9. The van der Waals surface area contributed by atoms with Crippen LogP contribution in [0.2, 0.25) is 0 Å². The molecule has 10 nitrogen and oxygen atoms in total. The van der Waals surface area contributed by atoms with Gasteiger partial charge >= 0.3 is 0 Å². The van der Waals surface area contributed by atoms with Gasteiger partial charge < -0.3 is 36.3 Å². The Hall–Kier alpha value is -19.6. The number of aromatic nitrogens is 1. The lowest BCUT2D eigenvalue weighted by atomic mass is 9.92. The lowest BCUT2D eigenvalue weighted by molar-refractivity contribution is 0.668. The first kappa shape index (κ1) is 84.7. The Morgan fingerprint density at radius 3 is 0.759 bits per heavy atom. The van der Waals surface area contributed by atoms with Gasteiger partial charge in [0.15, 0.2) is 0 Å². The zero-order valence-corrected chi connectivity index (χ0v) is 78.4. The number of pyridine rings is 1. The van der Waals surface area contributed by atoms with Gasteiger partial charge in [-0.05, 0) is 296 Å². The average Bonchev–Trinajstić information content (AvgIpc) is 1.58. The molecule has 22 aromatic carbocycles. The SMILES string of the molecule is c1ccc(N(c2cc(-c3ccc4c(c3)oc3ccccc34)cc(-c3ccc4c(c3)oc3ccccc34)c2)c2ccc3ccccc3c2)cc1.c1ccc(N(c2ccccc2)c2cc(-c3ccc4c(c3)oc3ccccc34)cc(-c3ccc4c(c3)oc3ccccc34)c2)cc1.c1ccc(N(c2ccccc2)c2ccc(-c3cc(-c4cccc5c4oc4ccccc45)cc(-c4cccc5c4oc4ccccc45)c3)cn2)cc1. The van der Waals surface area contributed by atoms with E-state index >= 15 is 0 Å². The molecule has 0 unspecified atom stereocenters. The van der Waals surface area contributed by atoms with Crippen LogP contribution in [-0.4, -0.2) is 4.98 Å². The van der Waals surface area contributed by atoms with Gasteiger partial charge in [0.2, 0.25) is 0 Å². The van der Waals surface area contributed by atoms with Crippen molar-refractivity contribution in [1.82, 2.24) is 4.98 Å². The number of hydrogen-bond acceptors (Lipinski definition) is 10. The number of benzene rings is 22. The zero-order valence-electron chi connectivity index (χ0n) is 78.4. The summed E-state index contributed by atoms with van der Waals surface area (Å²) in [5.41, 5.74) is 34.2. The van der Waals surface area contributed by atoms with Crippen LogP contribution in [-0.2, 0) is 0 Å². The van der Waals surface area contributed by atoms with Crippen LogP contribution < -0.4 is 14.7 Å². The molecule has 0 aliphatic heterocycles. The Kier molecular flexibility index (Phi) is 21.0. The maximum atomic E-state index is 6.53. The Morgan fingerprint density at radius 2 is 0.407 bits per heavy atom. The predicted molar refractivity (Wildman–Crippen MR) is 600 cm³/mol. The minimum Gasteiger partial charge on any atom is -0.456 e. The van der Waals surface area contributed by atoms with Gasteiger partial charge in [0, 0.05) is 133 Å². The Balaban J connectivity index is 0.000000108. The Labute approximate surface area is 833 Å². The van der Waals surface area contributed by atoms with E-state index in [0.717, 1.165) is 261 Å². The molecular formula is C135H86N4O6. The molecule has 29 rings (SSSR count). The first-order chi connectivity index (χ1) is 71.8. The molecule has 682 valence electrons. The van der Waals surface area contributed by atoms with Crippen LogP contribution in [0.4, 0.5) is 51.3 Å². The summed E-state index contributed by atoms with van der Waals surface area (Å²) in [6, 6.07) is 181. The second-order valence-corrected chi connectivity index (χ2v) is 36.8. The van der Waals surface area contributed by atoms with Crippen molar-refractivity contribution in [3.8, 4) is 77.9 Å². The number of furan rings is 6. The summed E-state index contributed by atoms with van der Waals surface area (Å²) in [6.45, 7) is 0. The van der Waals surface area contributed by atoms with Gasteiger partial charge in [-0.25, -0.2) is 4.98 Å². The van der Waals surface area contributed by atoms with E-state index in [1.165, 1.54) is 10.8 Å². The highest BCUT2D eigenvalue weighted by Crippen LogP contribution is 2.49. The molecule has 0 spiro atoms. The molecule has 0 saturated carbocycles. The predicted octanol–water partition coefficient (Wildman–Crippen LogP) is 39.1. The Bertz CT molecular complexity index is 9520. The van der Waals surface area contributed by atoms with Gasteiger partial charge in [0.1, 0.15) is 72.8 Å². The van der Waals surface area contributed by atoms with Crippen LogP contribution in [0, 0.1) is 0 Å². The van der Waals surface area contributed by atoms with Crippen molar-refractivity contribution < 1.29 is 26.5 Å². The summed E-state index contributed by atoms with van der Waals surface area (Å²) >= 11 is 0. The van der Waals surface area contributed by atoms with Crippen LogP contribution >= 0.6 is 0 Å². The summed E-state index contributed by atoms with van der Waals surface area (Å²) in [5, 5.41) is 15.8. The fraction of sp³-hybridized carbons (Fsp3) is 0. The van der Waals surface area contributed by atoms with E-state index in [0.29, 0.717) is 0 Å². The number of anilines is 9. The van der Waals surface area contributed by atoms with Gasteiger partial charge in [-0.15, -0.1) is 0 Å². The first-order valence-electron chi connectivity index (χ1n) is 48.9. The quantitative estimate of drug-likeness (QED) is 0.0929. The molecule has 7 aromatic heterocycles. The molecule has 7 heterocycles. The van der Waals surface area contributed by atoms with Crippen LogP contribution in [0.15, 0.2) is 548 Å². The molecule has 0 radical (unpaired) electrons. The van der Waals surface area contributed by atoms with Crippen molar-refractivity contribution in [1.29, 1.82) is 0 Å². The highest BCUT2D eigenvalue weighted by atomic mass is 16.3. The zero-order chi connectivity index (χ0) is 95.8. The maximum Gasteiger partial charge on any atom is 0.143 e. The van der Waals surface area contributed by atoms with Crippen molar-refractivity contribution in [2.45, 2.75) is 0 Å². The highest BCUT2D eigenvalue weighted by molar-refractivity contribution is 6.14. The number of nitrogens with zero attached hydrogens (tertiary/aromatic N) is 4. The van der Waals surface area contributed by atoms with Crippen molar-refractivity contribution in [2.75, 3.05) is 14.7 Å². The van der Waals surface area contributed by atoms with E-state index in [9.17, 15) is 0 Å². The fourth-order valence-corrected chi connectivity index (χ4v) is 21.0. The van der Waals surface area contributed by atoms with Crippen molar-refractivity contribution >= 4 is 194 Å². The number of hydrogen-bond donors (Lipinski definition) is 0. The highest BCUT2D eigenvalue weighted by Gasteiger charge is 2.25. The molecule has 10 heteroatoms. The number of fused-ring (bicyclic) bond motifs is 19. The topological polar surface area (TPSA) is 101 Å². The second-order valence-electron chi connectivity index (χ2n) is 36.8. The molecule has 0 fully saturated rings. The van der Waals surface area contributed by atoms with Gasteiger partial charge in [-0.1, -0.05) is 291 Å². The van der Waals surface area contributed by atoms with E-state index in [1.54, 1.807) is 0 Å². The third-order valence-electron chi connectivity index (χ3n) is 27.9. The normalized spacial score (nSPS) is 11.6. The third-order valence-corrected chi connectivity index (χ3v) is 27.9. The van der Waals surface area contributed by atoms with E-state index in [-0.39, 0.29) is 0 Å². The lowest BCUT2D eigenvalue weighted by Crippen LogP contribution is -2.11.